The number of ether oxygens (including phenoxy) is 1. The van der Waals surface area contributed by atoms with Gasteiger partial charge < -0.3 is 24.8 Å². The molecule has 0 bridgehead atoms. The van der Waals surface area contributed by atoms with Gasteiger partial charge in [0.25, 0.3) is 5.56 Å². The van der Waals surface area contributed by atoms with Crippen molar-refractivity contribution >= 4 is 5.82 Å². The molecule has 3 N–H and O–H groups in total. The maximum atomic E-state index is 11.4. The summed E-state index contributed by atoms with van der Waals surface area (Å²) in [6, 6.07) is 0. The molecule has 0 aliphatic heterocycles. The first-order valence-electron chi connectivity index (χ1n) is 4.83. The maximum absolute atomic E-state index is 11.4. The number of anilines is 1. The number of H-pyrrole nitrogens is 1. The SMILES string of the molecule is COc1c(N(CCO)CCO)nc[nH]c1=O. The fourth-order valence-corrected chi connectivity index (χ4v) is 1.35. The Balaban J connectivity index is 3.07. The van der Waals surface area contributed by atoms with Gasteiger partial charge in [-0.3, -0.25) is 4.79 Å². The van der Waals surface area contributed by atoms with Gasteiger partial charge in [0.05, 0.1) is 26.7 Å². The van der Waals surface area contributed by atoms with Crippen LogP contribution in [0.15, 0.2) is 11.1 Å². The van der Waals surface area contributed by atoms with Gasteiger partial charge in [-0.2, -0.15) is 0 Å². The van der Waals surface area contributed by atoms with Crippen molar-refractivity contribution in [2.24, 2.45) is 0 Å². The Kier molecular flexibility index (Phi) is 4.74. The number of nitrogens with one attached hydrogen (secondary N) is 1. The number of methoxy groups -OCH3 is 1. The lowest BCUT2D eigenvalue weighted by Gasteiger charge is -2.22. The van der Waals surface area contributed by atoms with Crippen LogP contribution in [-0.2, 0) is 0 Å². The molecule has 1 heterocycles. The zero-order valence-electron chi connectivity index (χ0n) is 9.01. The molecule has 0 aliphatic carbocycles. The molecule has 1 aromatic heterocycles. The number of aromatic amines is 1. The molecule has 16 heavy (non-hydrogen) atoms. The Hall–Kier alpha value is -1.60. The van der Waals surface area contributed by atoms with E-state index in [4.69, 9.17) is 14.9 Å². The van der Waals surface area contributed by atoms with E-state index in [1.807, 2.05) is 0 Å². The van der Waals surface area contributed by atoms with Crippen LogP contribution in [0.4, 0.5) is 5.82 Å². The minimum Gasteiger partial charge on any atom is -0.489 e. The largest absolute Gasteiger partial charge is 0.489 e. The van der Waals surface area contributed by atoms with Crippen LogP contribution >= 0.6 is 0 Å². The number of hydrogen-bond donors (Lipinski definition) is 3. The van der Waals surface area contributed by atoms with Crippen LogP contribution in [0.2, 0.25) is 0 Å². The maximum Gasteiger partial charge on any atom is 0.295 e. The second kappa shape index (κ2) is 6.09. The standard InChI is InChI=1S/C9H15N3O4/c1-16-7-8(10-6-11-9(7)15)12(2-4-13)3-5-14/h6,13-14H,2-5H2,1H3,(H,10,11,15). The second-order valence-electron chi connectivity index (χ2n) is 3.02. The molecule has 0 unspecified atom stereocenters. The molecular formula is C9H15N3O4. The van der Waals surface area contributed by atoms with Crippen molar-refractivity contribution in [3.8, 4) is 5.75 Å². The molecule has 0 aromatic carbocycles. The monoisotopic (exact) mass is 229 g/mol. The smallest absolute Gasteiger partial charge is 0.295 e. The Morgan fingerprint density at radius 3 is 2.56 bits per heavy atom. The zero-order valence-corrected chi connectivity index (χ0v) is 9.01. The summed E-state index contributed by atoms with van der Waals surface area (Å²) in [4.78, 5) is 19.3. The van der Waals surface area contributed by atoms with Gasteiger partial charge in [0.2, 0.25) is 5.75 Å². The second-order valence-corrected chi connectivity index (χ2v) is 3.02. The molecule has 90 valence electrons. The van der Waals surface area contributed by atoms with E-state index in [1.165, 1.54) is 13.4 Å². The molecule has 1 aromatic rings. The number of aliphatic hydroxyl groups is 2. The summed E-state index contributed by atoms with van der Waals surface area (Å²) in [6.45, 7) is 0.343. The van der Waals surface area contributed by atoms with Gasteiger partial charge in [0, 0.05) is 13.1 Å². The van der Waals surface area contributed by atoms with Gasteiger partial charge in [-0.25, -0.2) is 4.98 Å². The highest BCUT2D eigenvalue weighted by Gasteiger charge is 2.15. The van der Waals surface area contributed by atoms with Crippen molar-refractivity contribution < 1.29 is 14.9 Å². The Morgan fingerprint density at radius 2 is 2.06 bits per heavy atom. The topological polar surface area (TPSA) is 98.7 Å². The van der Waals surface area contributed by atoms with Crippen molar-refractivity contribution in [2.75, 3.05) is 38.3 Å². The van der Waals surface area contributed by atoms with Gasteiger partial charge in [-0.1, -0.05) is 0 Å². The van der Waals surface area contributed by atoms with E-state index in [1.54, 1.807) is 4.90 Å². The van der Waals surface area contributed by atoms with Gasteiger partial charge in [-0.05, 0) is 0 Å². The number of nitrogens with zero attached hydrogens (tertiary/aromatic N) is 2. The first kappa shape index (κ1) is 12.5. The molecule has 0 saturated heterocycles. The molecule has 7 heteroatoms. The third-order valence-electron chi connectivity index (χ3n) is 2.04. The predicted molar refractivity (Wildman–Crippen MR) is 57.8 cm³/mol. The van der Waals surface area contributed by atoms with Crippen LogP contribution in [0.3, 0.4) is 0 Å². The highest BCUT2D eigenvalue weighted by atomic mass is 16.5. The highest BCUT2D eigenvalue weighted by Crippen LogP contribution is 2.19. The lowest BCUT2D eigenvalue weighted by Crippen LogP contribution is -2.32. The van der Waals surface area contributed by atoms with Gasteiger partial charge >= 0.3 is 0 Å². The first-order chi connectivity index (χ1) is 7.74. The highest BCUT2D eigenvalue weighted by molar-refractivity contribution is 5.50. The average Bonchev–Trinajstić information content (AvgIpc) is 2.28. The predicted octanol–water partition coefficient (Wildman–Crippen LogP) is -1.43. The van der Waals surface area contributed by atoms with Crippen LogP contribution in [0.1, 0.15) is 0 Å². The number of aromatic nitrogens is 2. The van der Waals surface area contributed by atoms with E-state index in [2.05, 4.69) is 9.97 Å². The Morgan fingerprint density at radius 1 is 1.44 bits per heavy atom. The summed E-state index contributed by atoms with van der Waals surface area (Å²) >= 11 is 0. The lowest BCUT2D eigenvalue weighted by atomic mass is 10.4. The molecule has 0 fully saturated rings. The summed E-state index contributed by atoms with van der Waals surface area (Å²) < 4.78 is 4.94. The fraction of sp³-hybridized carbons (Fsp3) is 0.556. The summed E-state index contributed by atoms with van der Waals surface area (Å²) in [7, 11) is 1.37. The molecule has 0 saturated carbocycles. The number of hydrogen-bond acceptors (Lipinski definition) is 6. The molecule has 0 atom stereocenters. The molecule has 0 aliphatic rings. The van der Waals surface area contributed by atoms with E-state index in [0.717, 1.165) is 0 Å². The third-order valence-corrected chi connectivity index (χ3v) is 2.04. The number of rotatable bonds is 6. The van der Waals surface area contributed by atoms with Crippen LogP contribution in [0, 0.1) is 0 Å². The molecule has 0 spiro atoms. The molecule has 1 rings (SSSR count). The van der Waals surface area contributed by atoms with Crippen LogP contribution in [0.25, 0.3) is 0 Å². The first-order valence-corrected chi connectivity index (χ1v) is 4.83. The third kappa shape index (κ3) is 2.71. The minimum absolute atomic E-state index is 0.0735. The van der Waals surface area contributed by atoms with Gasteiger partial charge in [0.15, 0.2) is 5.82 Å². The quantitative estimate of drug-likeness (QED) is 0.553. The summed E-state index contributed by atoms with van der Waals surface area (Å²) in [5.41, 5.74) is -0.395. The molecule has 0 amide bonds. The zero-order chi connectivity index (χ0) is 12.0. The van der Waals surface area contributed by atoms with E-state index >= 15 is 0 Å². The summed E-state index contributed by atoms with van der Waals surface area (Å²) in [6.07, 6.45) is 1.25. The van der Waals surface area contributed by atoms with Crippen LogP contribution in [-0.4, -0.2) is 53.6 Å². The van der Waals surface area contributed by atoms with Crippen LogP contribution < -0.4 is 15.2 Å². The Labute approximate surface area is 92.3 Å². The summed E-state index contributed by atoms with van der Waals surface area (Å²) in [5.74, 6) is 0.388. The van der Waals surface area contributed by atoms with Crippen molar-refractivity contribution in [3.63, 3.8) is 0 Å². The fourth-order valence-electron chi connectivity index (χ4n) is 1.35. The van der Waals surface area contributed by atoms with Gasteiger partial charge in [0.1, 0.15) is 0 Å². The molecule has 7 nitrogen and oxygen atoms in total. The van der Waals surface area contributed by atoms with E-state index < -0.39 is 5.56 Å². The van der Waals surface area contributed by atoms with E-state index in [9.17, 15) is 4.79 Å². The van der Waals surface area contributed by atoms with E-state index in [0.29, 0.717) is 5.82 Å². The van der Waals surface area contributed by atoms with Crippen molar-refractivity contribution in [1.29, 1.82) is 0 Å². The minimum atomic E-state index is -0.395. The van der Waals surface area contributed by atoms with Crippen molar-refractivity contribution in [2.45, 2.75) is 0 Å². The summed E-state index contributed by atoms with van der Waals surface area (Å²) in [5, 5.41) is 17.8. The molecular weight excluding hydrogens is 214 g/mol. The number of aliphatic hydroxyl groups excluding tert-OH is 2. The lowest BCUT2D eigenvalue weighted by molar-refractivity contribution is 0.279. The Bertz CT molecular complexity index is 373. The molecule has 0 radical (unpaired) electrons. The average molecular weight is 229 g/mol. The van der Waals surface area contributed by atoms with Crippen molar-refractivity contribution in [1.82, 2.24) is 9.97 Å². The van der Waals surface area contributed by atoms with Crippen molar-refractivity contribution in [3.05, 3.63) is 16.7 Å². The van der Waals surface area contributed by atoms with Gasteiger partial charge in [-0.15, -0.1) is 0 Å². The normalized spacial score (nSPS) is 10.2. The van der Waals surface area contributed by atoms with Crippen LogP contribution in [0.5, 0.6) is 5.75 Å². The van der Waals surface area contributed by atoms with E-state index in [-0.39, 0.29) is 32.1 Å².